The molecule has 0 radical (unpaired) electrons. The molecule has 0 aliphatic carbocycles. The van der Waals surface area contributed by atoms with Crippen molar-refractivity contribution < 1.29 is 0 Å². The van der Waals surface area contributed by atoms with Crippen molar-refractivity contribution in [2.24, 2.45) is 0 Å². The first-order chi connectivity index (χ1) is 16.8. The standard InChI is InChI=1S/C30H24ClN3/c31-25-21-23-30(24-22-25)34(32(26-13-5-1-6-14-26)27-15-7-2-8-16-27)33(28-17-9-3-10-18-28)29-19-11-4-12-20-29/h1-24H. The summed E-state index contributed by atoms with van der Waals surface area (Å²) in [6.45, 7) is 0. The highest BCUT2D eigenvalue weighted by molar-refractivity contribution is 6.30. The number of nitrogens with zero attached hydrogens (tertiary/aromatic N) is 3. The van der Waals surface area contributed by atoms with Crippen LogP contribution in [0.15, 0.2) is 146 Å². The molecule has 3 nitrogen and oxygen atoms in total. The Morgan fingerprint density at radius 3 is 0.912 bits per heavy atom. The van der Waals surface area contributed by atoms with Gasteiger partial charge in [0.2, 0.25) is 0 Å². The Balaban J connectivity index is 1.79. The summed E-state index contributed by atoms with van der Waals surface area (Å²) >= 11 is 6.30. The molecule has 0 N–H and O–H groups in total. The number of hydrazine groups is 2. The van der Waals surface area contributed by atoms with Crippen LogP contribution in [0.1, 0.15) is 0 Å². The fourth-order valence-corrected chi connectivity index (χ4v) is 4.03. The first-order valence-electron chi connectivity index (χ1n) is 11.2. The van der Waals surface area contributed by atoms with Crippen LogP contribution in [0.3, 0.4) is 0 Å². The molecule has 0 saturated carbocycles. The maximum atomic E-state index is 6.30. The van der Waals surface area contributed by atoms with Crippen LogP contribution in [-0.2, 0) is 0 Å². The summed E-state index contributed by atoms with van der Waals surface area (Å²) < 4.78 is 0. The lowest BCUT2D eigenvalue weighted by molar-refractivity contribution is 0.824. The van der Waals surface area contributed by atoms with Gasteiger partial charge in [-0.3, -0.25) is 0 Å². The molecule has 5 rings (SSSR count). The minimum atomic E-state index is 0.695. The van der Waals surface area contributed by atoms with Gasteiger partial charge >= 0.3 is 0 Å². The Morgan fingerprint density at radius 1 is 0.324 bits per heavy atom. The van der Waals surface area contributed by atoms with E-state index in [4.69, 9.17) is 11.6 Å². The molecular formula is C30H24ClN3. The molecule has 0 aromatic heterocycles. The van der Waals surface area contributed by atoms with Crippen LogP contribution in [0, 0.1) is 0 Å². The van der Waals surface area contributed by atoms with Crippen molar-refractivity contribution in [1.29, 1.82) is 0 Å². The van der Waals surface area contributed by atoms with Crippen molar-refractivity contribution in [1.82, 2.24) is 0 Å². The summed E-state index contributed by atoms with van der Waals surface area (Å²) in [5.41, 5.74) is 5.08. The van der Waals surface area contributed by atoms with Gasteiger partial charge in [-0.2, -0.15) is 5.12 Å². The normalized spacial score (nSPS) is 10.5. The zero-order valence-electron chi connectivity index (χ0n) is 18.6. The largest absolute Gasteiger partial charge is 0.234 e. The highest BCUT2D eigenvalue weighted by Gasteiger charge is 2.27. The van der Waals surface area contributed by atoms with Gasteiger partial charge in [0.1, 0.15) is 0 Å². The molecule has 0 saturated heterocycles. The molecule has 0 bridgehead atoms. The van der Waals surface area contributed by atoms with Gasteiger partial charge in [0, 0.05) is 5.02 Å². The van der Waals surface area contributed by atoms with Gasteiger partial charge < -0.3 is 0 Å². The highest BCUT2D eigenvalue weighted by atomic mass is 35.5. The Hall–Kier alpha value is -4.21. The predicted molar refractivity (Wildman–Crippen MR) is 144 cm³/mol. The second-order valence-corrected chi connectivity index (χ2v) is 8.17. The van der Waals surface area contributed by atoms with Gasteiger partial charge in [-0.25, -0.2) is 10.0 Å². The molecule has 5 aromatic carbocycles. The molecule has 166 valence electrons. The van der Waals surface area contributed by atoms with E-state index in [1.165, 1.54) is 0 Å². The third kappa shape index (κ3) is 4.61. The summed E-state index contributed by atoms with van der Waals surface area (Å²) in [4.78, 5) is 0. The monoisotopic (exact) mass is 461 g/mol. The first kappa shape index (κ1) is 21.6. The van der Waals surface area contributed by atoms with E-state index in [0.29, 0.717) is 5.02 Å². The molecule has 4 heteroatoms. The lowest BCUT2D eigenvalue weighted by Gasteiger charge is -2.45. The van der Waals surface area contributed by atoms with Crippen LogP contribution in [0.5, 0.6) is 0 Å². The minimum absolute atomic E-state index is 0.695. The predicted octanol–water partition coefficient (Wildman–Crippen LogP) is 8.65. The number of hydrogen-bond donors (Lipinski definition) is 0. The fraction of sp³-hybridized carbons (Fsp3) is 0. The van der Waals surface area contributed by atoms with Crippen molar-refractivity contribution in [2.45, 2.75) is 0 Å². The fourth-order valence-electron chi connectivity index (χ4n) is 3.91. The van der Waals surface area contributed by atoms with Crippen molar-refractivity contribution in [3.63, 3.8) is 0 Å². The average Bonchev–Trinajstić information content (AvgIpc) is 2.91. The molecule has 0 amide bonds. The van der Waals surface area contributed by atoms with Gasteiger partial charge in [0.25, 0.3) is 0 Å². The van der Waals surface area contributed by atoms with Crippen molar-refractivity contribution >= 4 is 40.0 Å². The van der Waals surface area contributed by atoms with Gasteiger partial charge in [0.15, 0.2) is 0 Å². The summed E-state index contributed by atoms with van der Waals surface area (Å²) in [6, 6.07) is 49.4. The number of para-hydroxylation sites is 4. The number of anilines is 5. The van der Waals surface area contributed by atoms with E-state index >= 15 is 0 Å². The van der Waals surface area contributed by atoms with Crippen molar-refractivity contribution in [2.75, 3.05) is 15.1 Å². The zero-order valence-corrected chi connectivity index (χ0v) is 19.3. The van der Waals surface area contributed by atoms with E-state index in [1.807, 2.05) is 48.5 Å². The van der Waals surface area contributed by atoms with Gasteiger partial charge in [-0.15, -0.1) is 0 Å². The third-order valence-corrected chi connectivity index (χ3v) is 5.69. The van der Waals surface area contributed by atoms with Crippen LogP contribution in [-0.4, -0.2) is 0 Å². The molecule has 0 aliphatic rings. The Morgan fingerprint density at radius 2 is 0.618 bits per heavy atom. The maximum absolute atomic E-state index is 6.30. The smallest absolute Gasteiger partial charge is 0.0825 e. The highest BCUT2D eigenvalue weighted by Crippen LogP contribution is 2.38. The van der Waals surface area contributed by atoms with Gasteiger partial charge in [-0.1, -0.05) is 84.4 Å². The second-order valence-electron chi connectivity index (χ2n) is 7.73. The van der Waals surface area contributed by atoms with E-state index < -0.39 is 0 Å². The Labute approximate surface area is 205 Å². The molecule has 34 heavy (non-hydrogen) atoms. The maximum Gasteiger partial charge on any atom is 0.0825 e. The van der Waals surface area contributed by atoms with Gasteiger partial charge in [0.05, 0.1) is 28.4 Å². The van der Waals surface area contributed by atoms with Crippen LogP contribution in [0.25, 0.3) is 0 Å². The van der Waals surface area contributed by atoms with Crippen LogP contribution in [0.2, 0.25) is 5.02 Å². The molecule has 0 heterocycles. The third-order valence-electron chi connectivity index (χ3n) is 5.44. The zero-order chi connectivity index (χ0) is 23.2. The summed E-state index contributed by atoms with van der Waals surface area (Å²) in [7, 11) is 0. The quantitative estimate of drug-likeness (QED) is 0.224. The van der Waals surface area contributed by atoms with E-state index in [0.717, 1.165) is 28.4 Å². The molecule has 0 atom stereocenters. The Kier molecular flexibility index (Phi) is 6.46. The SMILES string of the molecule is Clc1ccc(N(N(c2ccccc2)c2ccccc2)N(c2ccccc2)c2ccccc2)cc1. The van der Waals surface area contributed by atoms with Gasteiger partial charge in [-0.05, 0) is 72.8 Å². The molecule has 0 unspecified atom stereocenters. The van der Waals surface area contributed by atoms with E-state index in [-0.39, 0.29) is 0 Å². The lowest BCUT2D eigenvalue weighted by Crippen LogP contribution is -2.50. The first-order valence-corrected chi connectivity index (χ1v) is 11.5. The average molecular weight is 462 g/mol. The number of hydrogen-bond acceptors (Lipinski definition) is 3. The molecule has 5 aromatic rings. The molecule has 0 aliphatic heterocycles. The van der Waals surface area contributed by atoms with E-state index in [1.54, 1.807) is 0 Å². The molecular weight excluding hydrogens is 438 g/mol. The van der Waals surface area contributed by atoms with Crippen molar-refractivity contribution in [3.05, 3.63) is 151 Å². The molecule has 0 fully saturated rings. The van der Waals surface area contributed by atoms with E-state index in [2.05, 4.69) is 112 Å². The summed E-state index contributed by atoms with van der Waals surface area (Å²) in [5.74, 6) is 0. The van der Waals surface area contributed by atoms with E-state index in [9.17, 15) is 0 Å². The number of benzene rings is 5. The number of halogens is 1. The summed E-state index contributed by atoms with van der Waals surface area (Å²) in [6.07, 6.45) is 0. The second kappa shape index (κ2) is 10.2. The van der Waals surface area contributed by atoms with Crippen molar-refractivity contribution in [3.8, 4) is 0 Å². The van der Waals surface area contributed by atoms with Crippen LogP contribution < -0.4 is 15.1 Å². The van der Waals surface area contributed by atoms with Crippen LogP contribution in [0.4, 0.5) is 28.4 Å². The number of rotatable bonds is 7. The van der Waals surface area contributed by atoms with Crippen LogP contribution >= 0.6 is 11.6 Å². The Bertz CT molecular complexity index is 1130. The lowest BCUT2D eigenvalue weighted by atomic mass is 10.2. The molecule has 0 spiro atoms. The minimum Gasteiger partial charge on any atom is -0.234 e. The summed E-state index contributed by atoms with van der Waals surface area (Å²) in [5, 5.41) is 7.30. The topological polar surface area (TPSA) is 9.72 Å².